The zero-order valence-electron chi connectivity index (χ0n) is 8.89. The van der Waals surface area contributed by atoms with E-state index in [-0.39, 0.29) is 6.04 Å². The third-order valence-corrected chi connectivity index (χ3v) is 2.80. The highest BCUT2D eigenvalue weighted by atomic mass is 16.5. The minimum Gasteiger partial charge on any atom is -0.379 e. The first-order chi connectivity index (χ1) is 7.33. The Morgan fingerprint density at radius 3 is 2.73 bits per heavy atom. The van der Waals surface area contributed by atoms with Gasteiger partial charge in [0.15, 0.2) is 0 Å². The Hall–Kier alpha value is -1.31. The number of ether oxygens (including phenoxy) is 1. The first-order valence-electron chi connectivity index (χ1n) is 5.15. The second-order valence-electron chi connectivity index (χ2n) is 3.72. The van der Waals surface area contributed by atoms with Crippen LogP contribution in [0.3, 0.4) is 0 Å². The minimum absolute atomic E-state index is 0.145. The molecule has 1 saturated heterocycles. The van der Waals surface area contributed by atoms with Crippen molar-refractivity contribution in [1.82, 2.24) is 9.47 Å². The lowest BCUT2D eigenvalue weighted by atomic mass is 10.2. The summed E-state index contributed by atoms with van der Waals surface area (Å²) in [5, 5.41) is 9.23. The molecule has 0 radical (unpaired) electrons. The van der Waals surface area contributed by atoms with E-state index in [1.54, 1.807) is 0 Å². The smallest absolute Gasteiger partial charge is 0.139 e. The summed E-state index contributed by atoms with van der Waals surface area (Å²) in [5.41, 5.74) is 1.06. The van der Waals surface area contributed by atoms with Gasteiger partial charge >= 0.3 is 0 Å². The van der Waals surface area contributed by atoms with Crippen molar-refractivity contribution in [3.05, 3.63) is 24.0 Å². The summed E-state index contributed by atoms with van der Waals surface area (Å²) in [6, 6.07) is 6.20. The van der Waals surface area contributed by atoms with Crippen LogP contribution in [0.2, 0.25) is 0 Å². The zero-order chi connectivity index (χ0) is 10.7. The van der Waals surface area contributed by atoms with Gasteiger partial charge in [0.05, 0.1) is 19.3 Å². The number of hydrogen-bond donors (Lipinski definition) is 0. The van der Waals surface area contributed by atoms with E-state index in [9.17, 15) is 5.26 Å². The van der Waals surface area contributed by atoms with E-state index in [2.05, 4.69) is 11.0 Å². The summed E-state index contributed by atoms with van der Waals surface area (Å²) >= 11 is 0. The molecule has 0 aromatic carbocycles. The molecule has 4 heteroatoms. The molecule has 80 valence electrons. The molecule has 1 aromatic rings. The zero-order valence-corrected chi connectivity index (χ0v) is 8.89. The number of aryl methyl sites for hydroxylation is 1. The summed E-state index contributed by atoms with van der Waals surface area (Å²) in [5.74, 6) is 0. The first kappa shape index (κ1) is 10.2. The number of aromatic nitrogens is 1. The number of nitriles is 1. The number of hydrogen-bond acceptors (Lipinski definition) is 3. The van der Waals surface area contributed by atoms with Crippen LogP contribution in [0.4, 0.5) is 0 Å². The molecule has 0 N–H and O–H groups in total. The second-order valence-corrected chi connectivity index (χ2v) is 3.72. The fourth-order valence-electron chi connectivity index (χ4n) is 1.93. The SMILES string of the molecule is Cn1cccc1[C@@H](C#N)N1CCOCC1. The van der Waals surface area contributed by atoms with Crippen molar-refractivity contribution in [3.63, 3.8) is 0 Å². The number of rotatable bonds is 2. The van der Waals surface area contributed by atoms with Crippen LogP contribution >= 0.6 is 0 Å². The second kappa shape index (κ2) is 4.47. The van der Waals surface area contributed by atoms with Crippen LogP contribution in [-0.2, 0) is 11.8 Å². The van der Waals surface area contributed by atoms with Crippen LogP contribution in [-0.4, -0.2) is 35.8 Å². The standard InChI is InChI=1S/C11H15N3O/c1-13-4-2-3-10(13)11(9-12)14-5-7-15-8-6-14/h2-4,11H,5-8H2,1H3/t11-/m1/s1. The summed E-state index contributed by atoms with van der Waals surface area (Å²) in [6.07, 6.45) is 1.97. The van der Waals surface area contributed by atoms with Gasteiger partial charge in [0.1, 0.15) is 6.04 Å². The van der Waals surface area contributed by atoms with Crippen molar-refractivity contribution < 1.29 is 4.74 Å². The van der Waals surface area contributed by atoms with E-state index in [0.29, 0.717) is 0 Å². The Balaban J connectivity index is 2.17. The fraction of sp³-hybridized carbons (Fsp3) is 0.545. The molecule has 2 heterocycles. The topological polar surface area (TPSA) is 41.2 Å². The van der Waals surface area contributed by atoms with Crippen LogP contribution in [0, 0.1) is 11.3 Å². The lowest BCUT2D eigenvalue weighted by molar-refractivity contribution is 0.0255. The van der Waals surface area contributed by atoms with Crippen molar-refractivity contribution in [1.29, 1.82) is 5.26 Å². The van der Waals surface area contributed by atoms with Gasteiger partial charge in [-0.15, -0.1) is 0 Å². The highest BCUT2D eigenvalue weighted by Gasteiger charge is 2.23. The van der Waals surface area contributed by atoms with E-state index in [1.807, 2.05) is 29.9 Å². The molecular formula is C11H15N3O. The van der Waals surface area contributed by atoms with Crippen molar-refractivity contribution in [2.45, 2.75) is 6.04 Å². The molecule has 1 fully saturated rings. The van der Waals surface area contributed by atoms with Gasteiger partial charge in [-0.2, -0.15) is 5.26 Å². The third kappa shape index (κ3) is 2.04. The van der Waals surface area contributed by atoms with Crippen LogP contribution in [0.15, 0.2) is 18.3 Å². The highest BCUT2D eigenvalue weighted by Crippen LogP contribution is 2.20. The average Bonchev–Trinajstić information content (AvgIpc) is 2.68. The van der Waals surface area contributed by atoms with E-state index < -0.39 is 0 Å². The van der Waals surface area contributed by atoms with Gasteiger partial charge in [0.25, 0.3) is 0 Å². The van der Waals surface area contributed by atoms with Crippen LogP contribution in [0.5, 0.6) is 0 Å². The molecule has 0 aliphatic carbocycles. The molecule has 4 nitrogen and oxygen atoms in total. The van der Waals surface area contributed by atoms with Crippen molar-refractivity contribution in [3.8, 4) is 6.07 Å². The Kier molecular flexibility index (Phi) is 3.05. The lowest BCUT2D eigenvalue weighted by Gasteiger charge is -2.30. The summed E-state index contributed by atoms with van der Waals surface area (Å²) in [4.78, 5) is 2.17. The van der Waals surface area contributed by atoms with Gasteiger partial charge in [0.2, 0.25) is 0 Å². The van der Waals surface area contributed by atoms with Gasteiger partial charge < -0.3 is 9.30 Å². The molecular weight excluding hydrogens is 190 g/mol. The predicted molar refractivity (Wildman–Crippen MR) is 56.2 cm³/mol. The van der Waals surface area contributed by atoms with Crippen molar-refractivity contribution in [2.24, 2.45) is 7.05 Å². The van der Waals surface area contributed by atoms with Crippen LogP contribution in [0.1, 0.15) is 11.7 Å². The fourth-order valence-corrected chi connectivity index (χ4v) is 1.93. The van der Waals surface area contributed by atoms with E-state index in [1.165, 1.54) is 0 Å². The van der Waals surface area contributed by atoms with E-state index >= 15 is 0 Å². The van der Waals surface area contributed by atoms with Crippen LogP contribution < -0.4 is 0 Å². The average molecular weight is 205 g/mol. The molecule has 1 aliphatic heterocycles. The highest BCUT2D eigenvalue weighted by molar-refractivity contribution is 5.18. The maximum atomic E-state index is 9.23. The quantitative estimate of drug-likeness (QED) is 0.721. The number of morpholine rings is 1. The summed E-state index contributed by atoms with van der Waals surface area (Å²) in [6.45, 7) is 3.12. The summed E-state index contributed by atoms with van der Waals surface area (Å²) in [7, 11) is 1.97. The molecule has 0 saturated carbocycles. The van der Waals surface area contributed by atoms with E-state index in [4.69, 9.17) is 4.74 Å². The summed E-state index contributed by atoms with van der Waals surface area (Å²) < 4.78 is 7.29. The Bertz CT molecular complexity index is 360. The number of nitrogens with zero attached hydrogens (tertiary/aromatic N) is 3. The van der Waals surface area contributed by atoms with Gasteiger partial charge in [-0.1, -0.05) is 0 Å². The molecule has 2 rings (SSSR count). The monoisotopic (exact) mass is 205 g/mol. The minimum atomic E-state index is -0.145. The third-order valence-electron chi connectivity index (χ3n) is 2.80. The normalized spacial score (nSPS) is 19.7. The van der Waals surface area contributed by atoms with Crippen molar-refractivity contribution >= 4 is 0 Å². The molecule has 0 amide bonds. The molecule has 15 heavy (non-hydrogen) atoms. The van der Waals surface area contributed by atoms with Crippen molar-refractivity contribution in [2.75, 3.05) is 26.3 Å². The van der Waals surface area contributed by atoms with Crippen LogP contribution in [0.25, 0.3) is 0 Å². The van der Waals surface area contributed by atoms with E-state index in [0.717, 1.165) is 32.0 Å². The molecule has 0 unspecified atom stereocenters. The molecule has 1 atom stereocenters. The molecule has 1 aromatic heterocycles. The molecule has 1 aliphatic rings. The largest absolute Gasteiger partial charge is 0.379 e. The predicted octanol–water partition coefficient (Wildman–Crippen LogP) is 0.922. The first-order valence-corrected chi connectivity index (χ1v) is 5.15. The van der Waals surface area contributed by atoms with Gasteiger partial charge in [-0.25, -0.2) is 0 Å². The van der Waals surface area contributed by atoms with Gasteiger partial charge in [-0.05, 0) is 12.1 Å². The van der Waals surface area contributed by atoms with Gasteiger partial charge in [-0.3, -0.25) is 4.90 Å². The Morgan fingerprint density at radius 2 is 2.20 bits per heavy atom. The Labute approximate surface area is 89.7 Å². The lowest BCUT2D eigenvalue weighted by Crippen LogP contribution is -2.39. The molecule has 0 bridgehead atoms. The maximum Gasteiger partial charge on any atom is 0.139 e. The van der Waals surface area contributed by atoms with Gasteiger partial charge in [0, 0.05) is 32.0 Å². The molecule has 0 spiro atoms. The Morgan fingerprint density at radius 1 is 1.47 bits per heavy atom. The maximum absolute atomic E-state index is 9.23.